The van der Waals surface area contributed by atoms with Gasteiger partial charge in [0.25, 0.3) is 0 Å². The van der Waals surface area contributed by atoms with E-state index in [1.54, 1.807) is 24.4 Å². The number of fused-ring (bicyclic) bond motifs is 1. The van der Waals surface area contributed by atoms with Crippen LogP contribution in [0.2, 0.25) is 15.1 Å². The standard InChI is InChI=1S/C21H19Cl3N4OS/c22-15-4-2-6-17(19(15)24)26-21(29)28(30)13-8-11-27(12-9-13)18-7-10-25-20-14(18)3-1-5-16(20)23/h1-7,10,13,30H,8-9,11-12H2,(H,26,29). The molecule has 156 valence electrons. The van der Waals surface area contributed by atoms with Crippen molar-refractivity contribution in [3.63, 3.8) is 0 Å². The van der Waals surface area contributed by atoms with Crippen molar-refractivity contribution in [1.82, 2.24) is 9.29 Å². The Balaban J connectivity index is 1.43. The molecule has 0 saturated carbocycles. The van der Waals surface area contributed by atoms with Gasteiger partial charge in [-0.15, -0.1) is 0 Å². The van der Waals surface area contributed by atoms with Crippen molar-refractivity contribution >= 4 is 75.9 Å². The van der Waals surface area contributed by atoms with E-state index in [9.17, 15) is 4.79 Å². The molecule has 1 aromatic heterocycles. The number of carbonyl (C=O) groups excluding carboxylic acids is 1. The summed E-state index contributed by atoms with van der Waals surface area (Å²) < 4.78 is 1.44. The Hall–Kier alpha value is -1.86. The van der Waals surface area contributed by atoms with Crippen LogP contribution in [0.4, 0.5) is 16.2 Å². The molecule has 2 amide bonds. The Morgan fingerprint density at radius 1 is 1.07 bits per heavy atom. The molecule has 0 unspecified atom stereocenters. The predicted octanol–water partition coefficient (Wildman–Crippen LogP) is 6.54. The van der Waals surface area contributed by atoms with E-state index < -0.39 is 0 Å². The van der Waals surface area contributed by atoms with Crippen LogP contribution in [0.5, 0.6) is 0 Å². The highest BCUT2D eigenvalue weighted by Gasteiger charge is 2.27. The number of rotatable bonds is 3. The summed E-state index contributed by atoms with van der Waals surface area (Å²) in [5, 5.41) is 5.15. The van der Waals surface area contributed by atoms with Crippen LogP contribution in [0.25, 0.3) is 10.9 Å². The van der Waals surface area contributed by atoms with Crippen LogP contribution in [-0.4, -0.2) is 34.5 Å². The second-order valence-electron chi connectivity index (χ2n) is 7.06. The summed E-state index contributed by atoms with van der Waals surface area (Å²) >= 11 is 22.9. The van der Waals surface area contributed by atoms with Gasteiger partial charge in [-0.3, -0.25) is 9.29 Å². The highest BCUT2D eigenvalue weighted by molar-refractivity contribution is 7.78. The Labute approximate surface area is 195 Å². The number of halogens is 3. The van der Waals surface area contributed by atoms with E-state index in [1.165, 1.54) is 4.31 Å². The number of hydrogen-bond acceptors (Lipinski definition) is 4. The fourth-order valence-electron chi connectivity index (χ4n) is 3.69. The number of amides is 2. The van der Waals surface area contributed by atoms with Crippen molar-refractivity contribution in [2.45, 2.75) is 18.9 Å². The minimum Gasteiger partial charge on any atom is -0.371 e. The number of nitrogens with zero attached hydrogens (tertiary/aromatic N) is 3. The molecule has 2 aromatic carbocycles. The van der Waals surface area contributed by atoms with E-state index in [0.29, 0.717) is 20.8 Å². The molecule has 30 heavy (non-hydrogen) atoms. The minimum absolute atomic E-state index is 0.000711. The molecule has 0 atom stereocenters. The van der Waals surface area contributed by atoms with Gasteiger partial charge >= 0.3 is 6.03 Å². The van der Waals surface area contributed by atoms with Crippen molar-refractivity contribution < 1.29 is 4.79 Å². The van der Waals surface area contributed by atoms with Crippen LogP contribution >= 0.6 is 47.6 Å². The zero-order valence-electron chi connectivity index (χ0n) is 15.9. The molecule has 0 spiro atoms. The lowest BCUT2D eigenvalue weighted by Gasteiger charge is -2.37. The molecule has 0 bridgehead atoms. The summed E-state index contributed by atoms with van der Waals surface area (Å²) in [4.78, 5) is 19.3. The number of piperidine rings is 1. The van der Waals surface area contributed by atoms with Crippen LogP contribution in [-0.2, 0) is 0 Å². The van der Waals surface area contributed by atoms with Crippen LogP contribution in [0.3, 0.4) is 0 Å². The van der Waals surface area contributed by atoms with Gasteiger partial charge in [-0.25, -0.2) is 4.79 Å². The molecule has 0 aliphatic carbocycles. The maximum Gasteiger partial charge on any atom is 0.331 e. The summed E-state index contributed by atoms with van der Waals surface area (Å²) in [6.07, 6.45) is 3.35. The SMILES string of the molecule is O=C(Nc1cccc(Cl)c1Cl)N(S)C1CCN(c2ccnc3c(Cl)cccc23)CC1. The molecule has 3 aromatic rings. The third-order valence-electron chi connectivity index (χ3n) is 5.25. The first-order valence-corrected chi connectivity index (χ1v) is 11.0. The Morgan fingerprint density at radius 2 is 1.77 bits per heavy atom. The lowest BCUT2D eigenvalue weighted by molar-refractivity contribution is 0.223. The molecule has 1 aliphatic rings. The molecule has 0 radical (unpaired) electrons. The number of nitrogens with one attached hydrogen (secondary N) is 1. The number of carbonyl (C=O) groups is 1. The van der Waals surface area contributed by atoms with E-state index in [1.807, 2.05) is 24.3 Å². The van der Waals surface area contributed by atoms with E-state index in [-0.39, 0.29) is 12.1 Å². The molecule has 1 saturated heterocycles. The molecule has 9 heteroatoms. The Bertz CT molecular complexity index is 1090. The van der Waals surface area contributed by atoms with Gasteiger partial charge in [0.1, 0.15) is 0 Å². The average molecular weight is 482 g/mol. The number of benzene rings is 2. The second-order valence-corrected chi connectivity index (χ2v) is 8.68. The first kappa shape index (κ1) is 21.4. The quantitative estimate of drug-likeness (QED) is 0.417. The molecule has 2 heterocycles. The van der Waals surface area contributed by atoms with Crippen LogP contribution in [0, 0.1) is 0 Å². The van der Waals surface area contributed by atoms with Crippen LogP contribution in [0.15, 0.2) is 48.7 Å². The van der Waals surface area contributed by atoms with Gasteiger partial charge in [-0.2, -0.15) is 0 Å². The number of aromatic nitrogens is 1. The maximum absolute atomic E-state index is 12.6. The highest BCUT2D eigenvalue weighted by atomic mass is 35.5. The monoisotopic (exact) mass is 480 g/mol. The summed E-state index contributed by atoms with van der Waals surface area (Å²) in [5.41, 5.74) is 2.36. The molecule has 1 N–H and O–H groups in total. The van der Waals surface area contributed by atoms with Gasteiger partial charge in [0.2, 0.25) is 0 Å². The predicted molar refractivity (Wildman–Crippen MR) is 128 cm³/mol. The fraction of sp³-hybridized carbons (Fsp3) is 0.238. The van der Waals surface area contributed by atoms with Crippen LogP contribution in [0.1, 0.15) is 12.8 Å². The lowest BCUT2D eigenvalue weighted by Crippen LogP contribution is -2.44. The van der Waals surface area contributed by atoms with E-state index in [2.05, 4.69) is 28.0 Å². The number of anilines is 2. The Kier molecular flexibility index (Phi) is 6.48. The van der Waals surface area contributed by atoms with Gasteiger partial charge in [-0.05, 0) is 37.1 Å². The largest absolute Gasteiger partial charge is 0.371 e. The van der Waals surface area contributed by atoms with Crippen molar-refractivity contribution in [2.24, 2.45) is 0 Å². The van der Waals surface area contributed by atoms with Crippen molar-refractivity contribution in [3.8, 4) is 0 Å². The maximum atomic E-state index is 12.6. The topological polar surface area (TPSA) is 48.5 Å². The number of hydrogen-bond donors (Lipinski definition) is 2. The zero-order valence-corrected chi connectivity index (χ0v) is 19.0. The van der Waals surface area contributed by atoms with Gasteiger partial charge in [0, 0.05) is 36.4 Å². The lowest BCUT2D eigenvalue weighted by atomic mass is 10.0. The highest BCUT2D eigenvalue weighted by Crippen LogP contribution is 2.33. The molecule has 1 fully saturated rings. The van der Waals surface area contributed by atoms with Crippen LogP contribution < -0.4 is 10.2 Å². The van der Waals surface area contributed by atoms with Crippen molar-refractivity contribution in [1.29, 1.82) is 0 Å². The molecular weight excluding hydrogens is 463 g/mol. The Morgan fingerprint density at radius 3 is 2.53 bits per heavy atom. The summed E-state index contributed by atoms with van der Waals surface area (Å²) in [6, 6.07) is 12.6. The number of thiol groups is 1. The van der Waals surface area contributed by atoms with Gasteiger partial charge in [0.15, 0.2) is 0 Å². The molecular formula is C21H19Cl3N4OS. The third-order valence-corrected chi connectivity index (χ3v) is 6.88. The smallest absolute Gasteiger partial charge is 0.331 e. The summed E-state index contributed by atoms with van der Waals surface area (Å²) in [7, 11) is 0. The number of para-hydroxylation sites is 1. The van der Waals surface area contributed by atoms with E-state index in [4.69, 9.17) is 34.8 Å². The first-order chi connectivity index (χ1) is 14.5. The van der Waals surface area contributed by atoms with E-state index >= 15 is 0 Å². The van der Waals surface area contributed by atoms with Gasteiger partial charge < -0.3 is 10.2 Å². The second kappa shape index (κ2) is 9.10. The van der Waals surface area contributed by atoms with E-state index in [0.717, 1.165) is 42.5 Å². The normalized spacial score (nSPS) is 14.7. The summed E-state index contributed by atoms with van der Waals surface area (Å²) in [5.74, 6) is 0. The fourth-order valence-corrected chi connectivity index (χ4v) is 4.54. The first-order valence-electron chi connectivity index (χ1n) is 9.47. The minimum atomic E-state index is -0.331. The number of urea groups is 1. The summed E-state index contributed by atoms with van der Waals surface area (Å²) in [6.45, 7) is 1.58. The van der Waals surface area contributed by atoms with Crippen molar-refractivity contribution in [3.05, 3.63) is 63.7 Å². The average Bonchev–Trinajstić information content (AvgIpc) is 2.76. The molecule has 5 nitrogen and oxygen atoms in total. The van der Waals surface area contributed by atoms with Gasteiger partial charge in [0.05, 0.1) is 26.3 Å². The van der Waals surface area contributed by atoms with Crippen molar-refractivity contribution in [2.75, 3.05) is 23.3 Å². The van der Waals surface area contributed by atoms with Gasteiger partial charge in [-0.1, -0.05) is 65.8 Å². The molecule has 1 aliphatic heterocycles. The molecule has 4 rings (SSSR count). The third kappa shape index (κ3) is 4.28. The zero-order chi connectivity index (χ0) is 21.3. The number of pyridine rings is 1.